The van der Waals surface area contributed by atoms with Crippen molar-refractivity contribution in [3.8, 4) is 0 Å². The van der Waals surface area contributed by atoms with E-state index in [9.17, 15) is 17.8 Å². The number of fused-ring (bicyclic) bond motifs is 3. The lowest BCUT2D eigenvalue weighted by Crippen LogP contribution is -2.43. The van der Waals surface area contributed by atoms with Crippen LogP contribution >= 0.6 is 11.8 Å². The first kappa shape index (κ1) is 34.7. The van der Waals surface area contributed by atoms with Crippen LogP contribution < -0.4 is 20.1 Å². The summed E-state index contributed by atoms with van der Waals surface area (Å²) in [6, 6.07) is 15.1. The van der Waals surface area contributed by atoms with Crippen molar-refractivity contribution in [2.24, 2.45) is 0 Å². The molecule has 0 saturated heterocycles. The fourth-order valence-electron chi connectivity index (χ4n) is 6.78. The zero-order valence-corrected chi connectivity index (χ0v) is 28.7. The van der Waals surface area contributed by atoms with Gasteiger partial charge in [-0.25, -0.2) is 22.1 Å². The van der Waals surface area contributed by atoms with E-state index in [2.05, 4.69) is 4.58 Å². The minimum atomic E-state index is -4.35. The number of carboxylic acids is 1. The molecule has 0 amide bonds. The van der Waals surface area contributed by atoms with Gasteiger partial charge >= 0.3 is 5.97 Å². The highest BCUT2D eigenvalue weighted by atomic mass is 32.2. The van der Waals surface area contributed by atoms with Crippen LogP contribution in [-0.2, 0) is 33.3 Å². The Hall–Kier alpha value is -4.20. The Labute approximate surface area is 285 Å². The highest BCUT2D eigenvalue weighted by Gasteiger charge is 2.38. The molecule has 0 spiro atoms. The van der Waals surface area contributed by atoms with E-state index in [4.69, 9.17) is 5.11 Å². The Morgan fingerprint density at radius 1 is 0.939 bits per heavy atom. The number of hydrogen-bond donors (Lipinski definition) is 2. The van der Waals surface area contributed by atoms with Gasteiger partial charge in [-0.1, -0.05) is 32.0 Å². The highest BCUT2D eigenvalue weighted by Crippen LogP contribution is 2.44. The Balaban J connectivity index is 1.66. The molecular weight excluding hydrogens is 681 g/mol. The van der Waals surface area contributed by atoms with Gasteiger partial charge in [-0.15, -0.1) is 11.8 Å². The molecule has 4 aromatic carbocycles. The molecule has 256 valence electrons. The molecular formula is C36H33F4N2O5S2+. The Kier molecular flexibility index (Phi) is 8.91. The van der Waals surface area contributed by atoms with Crippen LogP contribution in [0.5, 0.6) is 0 Å². The summed E-state index contributed by atoms with van der Waals surface area (Å²) >= 11 is 0.171. The molecule has 0 bridgehead atoms. The van der Waals surface area contributed by atoms with E-state index in [1.165, 1.54) is 12.1 Å². The molecule has 0 atom stereocenters. The molecule has 2 aliphatic rings. The number of thioether (sulfide) groups is 1. The minimum absolute atomic E-state index is 0.00191. The first-order valence-electron chi connectivity index (χ1n) is 15.4. The summed E-state index contributed by atoms with van der Waals surface area (Å²) in [7, 11) is -0.647. The molecule has 0 aromatic heterocycles. The molecule has 2 N–H and O–H groups in total. The first-order valence-corrected chi connectivity index (χ1v) is 17.8. The molecule has 0 fully saturated rings. The number of nitrogens with zero attached hydrogens (tertiary/aromatic N) is 2. The first-order chi connectivity index (χ1) is 23.0. The van der Waals surface area contributed by atoms with Gasteiger partial charge in [0.2, 0.25) is 5.36 Å². The summed E-state index contributed by atoms with van der Waals surface area (Å²) in [5, 5.41) is 10.3. The molecule has 0 unspecified atom stereocenters. The summed E-state index contributed by atoms with van der Waals surface area (Å²) < 4.78 is 97.9. The van der Waals surface area contributed by atoms with Crippen LogP contribution in [0.15, 0.2) is 64.4 Å². The summed E-state index contributed by atoms with van der Waals surface area (Å²) in [4.78, 5) is 11.7. The average Bonchev–Trinajstić information content (AvgIpc) is 3.04. The number of hydrogen-bond acceptors (Lipinski definition) is 5. The molecule has 1 aliphatic carbocycles. The van der Waals surface area contributed by atoms with Gasteiger partial charge in [0.25, 0.3) is 10.1 Å². The Morgan fingerprint density at radius 3 is 2.18 bits per heavy atom. The molecule has 13 heteroatoms. The SMILES string of the molecule is CN(C)c1ccc2c(c1)C(C)(C)c1cc3c(cc1=C2c1c(F)c(F)c(SCC(=O)O)c(F)c1F)CCC[N+]=3Cc1ccc(S(=O)(=O)O)cc1. The molecule has 6 rings (SSSR count). The minimum Gasteiger partial charge on any atom is -0.481 e. The van der Waals surface area contributed by atoms with Crippen molar-refractivity contribution < 1.29 is 40.4 Å². The van der Waals surface area contributed by atoms with E-state index < -0.39 is 61.0 Å². The van der Waals surface area contributed by atoms with E-state index in [1.807, 2.05) is 51.0 Å². The van der Waals surface area contributed by atoms with Gasteiger partial charge in [0.15, 0.2) is 29.8 Å². The molecule has 0 radical (unpaired) electrons. The fraction of sp³-hybridized carbons (Fsp3) is 0.278. The number of carbonyl (C=O) groups is 1. The lowest BCUT2D eigenvalue weighted by atomic mass is 9.68. The second-order valence-corrected chi connectivity index (χ2v) is 15.3. The van der Waals surface area contributed by atoms with E-state index in [1.54, 1.807) is 24.3 Å². The second kappa shape index (κ2) is 12.6. The van der Waals surface area contributed by atoms with E-state index in [0.29, 0.717) is 41.4 Å². The number of halogens is 4. The third-order valence-electron chi connectivity index (χ3n) is 9.25. The summed E-state index contributed by atoms with van der Waals surface area (Å²) in [6.45, 7) is 5.03. The molecule has 1 aliphatic heterocycles. The van der Waals surface area contributed by atoms with Gasteiger partial charge in [-0.2, -0.15) is 8.42 Å². The number of aliphatic carboxylic acids is 1. The highest BCUT2D eigenvalue weighted by molar-refractivity contribution is 8.00. The van der Waals surface area contributed by atoms with Crippen LogP contribution in [0.4, 0.5) is 23.2 Å². The average molecular weight is 714 g/mol. The molecule has 7 nitrogen and oxygen atoms in total. The Morgan fingerprint density at radius 2 is 1.59 bits per heavy atom. The van der Waals surface area contributed by atoms with Crippen molar-refractivity contribution in [3.05, 3.63) is 122 Å². The molecule has 49 heavy (non-hydrogen) atoms. The van der Waals surface area contributed by atoms with E-state index in [0.717, 1.165) is 28.6 Å². The standard InChI is InChI=1S/C36H32F4N2O5S2/c1-36(2)25-15-21(41(3)4)9-12-23(25)29(30-31(37)33(39)35(34(40)32(30)38)48-18-28(43)44)24-14-20-6-5-13-42(27(20)16-26(24)36)17-19-7-10-22(11-8-19)49(45,46)47/h7-12,14-16H,5-6,13,17-18H2,1-4H3,(H-,43,44,45,46,47)/p+1. The molecule has 1 heterocycles. The Bertz CT molecular complexity index is 2260. The summed E-state index contributed by atoms with van der Waals surface area (Å²) in [5.41, 5.74) is 2.64. The van der Waals surface area contributed by atoms with Gasteiger partial charge in [0.1, 0.15) is 6.54 Å². The monoisotopic (exact) mass is 713 g/mol. The smallest absolute Gasteiger partial charge is 0.313 e. The maximum atomic E-state index is 16.1. The maximum Gasteiger partial charge on any atom is 0.313 e. The quantitative estimate of drug-likeness (QED) is 0.0847. The zero-order valence-electron chi connectivity index (χ0n) is 27.1. The predicted molar refractivity (Wildman–Crippen MR) is 179 cm³/mol. The zero-order chi connectivity index (χ0) is 35.6. The van der Waals surface area contributed by atoms with Crippen LogP contribution in [0, 0.1) is 23.3 Å². The van der Waals surface area contributed by atoms with Crippen LogP contribution in [0.3, 0.4) is 0 Å². The summed E-state index contributed by atoms with van der Waals surface area (Å²) in [6.07, 6.45) is 1.36. The number of benzene rings is 4. The van der Waals surface area contributed by atoms with Crippen LogP contribution in [0.1, 0.15) is 53.6 Å². The van der Waals surface area contributed by atoms with Crippen molar-refractivity contribution in [2.45, 2.75) is 48.4 Å². The normalized spacial score (nSPS) is 15.0. The topological polar surface area (TPSA) is 97.9 Å². The van der Waals surface area contributed by atoms with Crippen molar-refractivity contribution in [1.82, 2.24) is 4.58 Å². The van der Waals surface area contributed by atoms with Gasteiger partial charge in [-0.3, -0.25) is 9.35 Å². The van der Waals surface area contributed by atoms with Crippen molar-refractivity contribution >= 4 is 39.1 Å². The van der Waals surface area contributed by atoms with Crippen molar-refractivity contribution in [2.75, 3.05) is 31.3 Å². The lowest BCUT2D eigenvalue weighted by molar-refractivity contribution is -0.133. The molecule has 4 aromatic rings. The van der Waals surface area contributed by atoms with Crippen molar-refractivity contribution in [3.63, 3.8) is 0 Å². The van der Waals surface area contributed by atoms with Gasteiger partial charge in [0.05, 0.1) is 21.1 Å². The van der Waals surface area contributed by atoms with Crippen molar-refractivity contribution in [1.29, 1.82) is 0 Å². The lowest BCUT2D eigenvalue weighted by Gasteiger charge is -2.36. The van der Waals surface area contributed by atoms with Crippen LogP contribution in [-0.4, -0.2) is 50.4 Å². The fourth-order valence-corrected chi connectivity index (χ4v) is 7.96. The van der Waals surface area contributed by atoms with Crippen LogP contribution in [0.2, 0.25) is 0 Å². The van der Waals surface area contributed by atoms with Gasteiger partial charge in [-0.05, 0) is 58.7 Å². The van der Waals surface area contributed by atoms with Crippen LogP contribution in [0.25, 0.3) is 5.57 Å². The third kappa shape index (κ3) is 6.12. The van der Waals surface area contributed by atoms with E-state index >= 15 is 17.6 Å². The number of carboxylic acid groups (broad SMARTS) is 1. The summed E-state index contributed by atoms with van der Waals surface area (Å²) in [5.74, 6) is -8.72. The number of aryl methyl sites for hydroxylation is 1. The number of anilines is 1. The predicted octanol–water partition coefficient (Wildman–Crippen LogP) is 5.26. The number of rotatable bonds is 8. The maximum absolute atomic E-state index is 16.1. The largest absolute Gasteiger partial charge is 0.481 e. The van der Waals surface area contributed by atoms with E-state index in [-0.39, 0.29) is 22.2 Å². The third-order valence-corrected chi connectivity index (χ3v) is 11.2. The van der Waals surface area contributed by atoms with Gasteiger partial charge < -0.3 is 10.0 Å². The molecule has 0 saturated carbocycles. The second-order valence-electron chi connectivity index (χ2n) is 12.9. The van der Waals surface area contributed by atoms with Gasteiger partial charge in [0, 0.05) is 54.4 Å².